The summed E-state index contributed by atoms with van der Waals surface area (Å²) < 4.78 is 46.1. The van der Waals surface area contributed by atoms with Crippen LogP contribution in [0.15, 0.2) is 35.3 Å². The maximum absolute atomic E-state index is 13.5. The van der Waals surface area contributed by atoms with Crippen molar-refractivity contribution in [2.24, 2.45) is 4.99 Å². The number of aliphatic imine (C=N–C) groups is 1. The topological polar surface area (TPSA) is 71.4 Å². The molecule has 0 aliphatic carbocycles. The van der Waals surface area contributed by atoms with Gasteiger partial charge in [-0.3, -0.25) is 0 Å². The predicted molar refractivity (Wildman–Crippen MR) is 142 cm³/mol. The van der Waals surface area contributed by atoms with Gasteiger partial charge in [-0.15, -0.1) is 0 Å². The van der Waals surface area contributed by atoms with Crippen molar-refractivity contribution in [3.63, 3.8) is 0 Å². The molecule has 0 saturated heterocycles. The number of halogens is 3. The number of ether oxygens (including phenoxy) is 1. The monoisotopic (exact) mass is 517 g/mol. The molecule has 0 fully saturated rings. The molecular weight excluding hydrogens is 486 g/mol. The minimum absolute atomic E-state index is 0.207. The minimum atomic E-state index is -4.40. The molecule has 0 spiro atoms. The van der Waals surface area contributed by atoms with Crippen molar-refractivity contribution in [1.29, 1.82) is 0 Å². The molecule has 0 amide bonds. The van der Waals surface area contributed by atoms with E-state index in [0.717, 1.165) is 28.0 Å². The number of fused-ring (bicyclic) bond motifs is 1. The zero-order valence-electron chi connectivity index (χ0n) is 21.5. The Morgan fingerprint density at radius 3 is 2.44 bits per heavy atom. The summed E-state index contributed by atoms with van der Waals surface area (Å²) in [4.78, 5) is 13.8. The van der Waals surface area contributed by atoms with Crippen molar-refractivity contribution in [3.05, 3.63) is 52.8 Å². The van der Waals surface area contributed by atoms with Crippen molar-refractivity contribution in [2.75, 3.05) is 30.6 Å². The van der Waals surface area contributed by atoms with Crippen LogP contribution < -0.4 is 15.9 Å². The van der Waals surface area contributed by atoms with Crippen molar-refractivity contribution >= 4 is 41.7 Å². The molecule has 10 heteroatoms. The average molecular weight is 518 g/mol. The third-order valence-corrected chi connectivity index (χ3v) is 7.45. The van der Waals surface area contributed by atoms with Crippen LogP contribution in [-0.2, 0) is 10.9 Å². The highest BCUT2D eigenvalue weighted by Gasteiger charge is 2.33. The van der Waals surface area contributed by atoms with E-state index in [1.54, 1.807) is 13.0 Å². The smallest absolute Gasteiger partial charge is 0.416 e. The van der Waals surface area contributed by atoms with E-state index in [1.165, 1.54) is 13.0 Å². The lowest BCUT2D eigenvalue weighted by atomic mass is 9.97. The summed E-state index contributed by atoms with van der Waals surface area (Å²) in [5.74, 6) is 1.14. The lowest BCUT2D eigenvalue weighted by molar-refractivity contribution is -0.138. The molecule has 0 saturated carbocycles. The first kappa shape index (κ1) is 26.1. The second-order valence-electron chi connectivity index (χ2n) is 9.93. The Morgan fingerprint density at radius 1 is 1.11 bits per heavy atom. The van der Waals surface area contributed by atoms with E-state index < -0.39 is 25.7 Å². The van der Waals surface area contributed by atoms with E-state index in [1.807, 2.05) is 26.8 Å². The summed E-state index contributed by atoms with van der Waals surface area (Å²) in [7, 11) is -0.522. The van der Waals surface area contributed by atoms with Gasteiger partial charge in [0.1, 0.15) is 18.2 Å². The van der Waals surface area contributed by atoms with Gasteiger partial charge in [0.05, 0.1) is 28.3 Å². The van der Waals surface area contributed by atoms with Crippen LogP contribution in [0.4, 0.5) is 24.7 Å². The molecule has 0 unspecified atom stereocenters. The van der Waals surface area contributed by atoms with Crippen molar-refractivity contribution in [1.82, 2.24) is 9.97 Å². The molecular formula is C26H31F3N5OP. The van der Waals surface area contributed by atoms with Crippen LogP contribution in [-0.4, -0.2) is 41.5 Å². The molecule has 0 radical (unpaired) electrons. The molecule has 1 atom stereocenters. The number of alkyl halides is 3. The summed E-state index contributed by atoms with van der Waals surface area (Å²) >= 11 is 0. The van der Waals surface area contributed by atoms with Gasteiger partial charge in [0.2, 0.25) is 0 Å². The normalized spacial score (nSPS) is 16.1. The Balaban J connectivity index is 1.75. The van der Waals surface area contributed by atoms with E-state index in [2.05, 4.69) is 45.0 Å². The largest absolute Gasteiger partial charge is 0.462 e. The van der Waals surface area contributed by atoms with Gasteiger partial charge in [-0.05, 0) is 82.6 Å². The van der Waals surface area contributed by atoms with Crippen molar-refractivity contribution < 1.29 is 17.9 Å². The second-order valence-corrected chi connectivity index (χ2v) is 12.2. The lowest BCUT2D eigenvalue weighted by Gasteiger charge is -2.22. The van der Waals surface area contributed by atoms with Gasteiger partial charge in [-0.1, -0.05) is 20.1 Å². The number of hydrogen-bond acceptors (Lipinski definition) is 6. The van der Waals surface area contributed by atoms with Crippen LogP contribution in [0.1, 0.15) is 49.3 Å². The number of aryl methyl sites for hydroxylation is 1. The maximum atomic E-state index is 13.5. The third kappa shape index (κ3) is 5.41. The lowest BCUT2D eigenvalue weighted by Crippen LogP contribution is -2.19. The van der Waals surface area contributed by atoms with Gasteiger partial charge < -0.3 is 15.4 Å². The summed E-state index contributed by atoms with van der Waals surface area (Å²) in [6.07, 6.45) is -4.40. The summed E-state index contributed by atoms with van der Waals surface area (Å²) in [6.45, 7) is 14.0. The Bertz CT molecular complexity index is 1340. The minimum Gasteiger partial charge on any atom is -0.462 e. The number of anilines is 2. The number of amidine groups is 1. The molecule has 1 aliphatic rings. The van der Waals surface area contributed by atoms with Gasteiger partial charge in [-0.25, -0.2) is 15.0 Å². The van der Waals surface area contributed by atoms with Crippen molar-refractivity contribution in [2.45, 2.75) is 52.4 Å². The average Bonchev–Trinajstić information content (AvgIpc) is 3.10. The molecule has 2 aromatic carbocycles. The van der Waals surface area contributed by atoms with Crippen LogP contribution in [0.3, 0.4) is 0 Å². The first-order valence-corrected chi connectivity index (χ1v) is 13.9. The van der Waals surface area contributed by atoms with E-state index in [4.69, 9.17) is 4.74 Å². The fraction of sp³-hybridized carbons (Fsp3) is 0.423. The van der Waals surface area contributed by atoms with Crippen LogP contribution in [0.2, 0.25) is 0 Å². The fourth-order valence-corrected chi connectivity index (χ4v) is 5.33. The quantitative estimate of drug-likeness (QED) is 0.384. The number of nitrogens with one attached hydrogen (secondary N) is 2. The van der Waals surface area contributed by atoms with Gasteiger partial charge in [0.25, 0.3) is 6.02 Å². The van der Waals surface area contributed by atoms with E-state index >= 15 is 0 Å². The predicted octanol–water partition coefficient (Wildman–Crippen LogP) is 6.38. The first-order valence-electron chi connectivity index (χ1n) is 11.7. The zero-order chi connectivity index (χ0) is 26.4. The van der Waals surface area contributed by atoms with Gasteiger partial charge in [0, 0.05) is 5.39 Å². The summed E-state index contributed by atoms with van der Waals surface area (Å²) in [6, 6.07) is 8.36. The fourth-order valence-electron chi connectivity index (χ4n) is 4.34. The molecule has 4 rings (SSSR count). The van der Waals surface area contributed by atoms with Crippen LogP contribution in [0, 0.1) is 13.8 Å². The summed E-state index contributed by atoms with van der Waals surface area (Å²) in [5, 5.41) is 8.58. The molecule has 1 aliphatic heterocycles. The molecule has 2 N–H and O–H groups in total. The molecule has 36 heavy (non-hydrogen) atoms. The molecule has 6 nitrogen and oxygen atoms in total. The molecule has 2 heterocycles. The van der Waals surface area contributed by atoms with Gasteiger partial charge in [0.15, 0.2) is 0 Å². The Labute approximate surface area is 210 Å². The van der Waals surface area contributed by atoms with E-state index in [-0.39, 0.29) is 11.1 Å². The molecule has 192 valence electrons. The summed E-state index contributed by atoms with van der Waals surface area (Å²) in [5.41, 5.74) is 1.46. The second kappa shape index (κ2) is 9.51. The highest BCUT2D eigenvalue weighted by Crippen LogP contribution is 2.37. The molecule has 0 bridgehead atoms. The van der Waals surface area contributed by atoms with Gasteiger partial charge >= 0.3 is 6.18 Å². The van der Waals surface area contributed by atoms with Gasteiger partial charge in [-0.2, -0.15) is 13.2 Å². The number of rotatable bonds is 5. The third-order valence-electron chi connectivity index (χ3n) is 6.12. The Kier molecular flexibility index (Phi) is 6.90. The van der Waals surface area contributed by atoms with Crippen LogP contribution in [0.5, 0.6) is 0 Å². The highest BCUT2D eigenvalue weighted by atomic mass is 31.1. The number of benzene rings is 2. The van der Waals surface area contributed by atoms with Crippen LogP contribution >= 0.6 is 7.92 Å². The number of aromatic nitrogens is 2. The van der Waals surface area contributed by atoms with Crippen molar-refractivity contribution in [3.8, 4) is 0 Å². The van der Waals surface area contributed by atoms with E-state index in [9.17, 15) is 13.2 Å². The SMILES string of the molecule is Cc1nc(N[C@H](C)c2cccc(C(F)(F)F)c2C)c2cc(P(C)C)c(NC3=NC(C)(C)CO3)cc2n1. The first-order chi connectivity index (χ1) is 16.7. The maximum Gasteiger partial charge on any atom is 0.416 e. The zero-order valence-corrected chi connectivity index (χ0v) is 22.4. The molecule has 1 aromatic heterocycles. The van der Waals surface area contributed by atoms with E-state index in [0.29, 0.717) is 29.8 Å². The standard InChI is InChI=1S/C26H31F3N5OP/c1-14-17(9-8-10-19(14)26(27,28)29)15(2)30-23-18-11-22(36(6)7)21(12-20(18)31-16(3)32-23)33-24-34-25(4,5)13-35-24/h8-12,15H,13H2,1-7H3,(H,33,34)(H,30,31,32)/t15-/m1/s1. The number of hydrogen-bond donors (Lipinski definition) is 2. The van der Waals surface area contributed by atoms with Crippen LogP contribution in [0.25, 0.3) is 10.9 Å². The Morgan fingerprint density at radius 2 is 1.83 bits per heavy atom. The Hall–Kier alpha value is -2.93. The highest BCUT2D eigenvalue weighted by molar-refractivity contribution is 7.64. The number of nitrogens with zero attached hydrogens (tertiary/aromatic N) is 3. The molecule has 3 aromatic rings.